The molecule has 3 aromatic carbocycles. The summed E-state index contributed by atoms with van der Waals surface area (Å²) >= 11 is 0. The minimum Gasteiger partial charge on any atom is -0.314 e. The molecule has 0 heterocycles. The fourth-order valence-electron chi connectivity index (χ4n) is 8.95. The molecule has 3 atom stereocenters. The normalized spacial score (nSPS) is 21.5. The monoisotopic (exact) mass is 651 g/mol. The number of allylic oxidation sites excluding steroid dienone is 16. The summed E-state index contributed by atoms with van der Waals surface area (Å²) in [6.45, 7) is 4.62. The van der Waals surface area contributed by atoms with Crippen LogP contribution in [0, 0.1) is 24.7 Å². The number of rotatable bonds is 9. The van der Waals surface area contributed by atoms with Crippen LogP contribution >= 0.6 is 0 Å². The van der Waals surface area contributed by atoms with Crippen molar-refractivity contribution in [2.75, 3.05) is 4.90 Å². The molecule has 8 rings (SSSR count). The van der Waals surface area contributed by atoms with Crippen LogP contribution in [0.3, 0.4) is 0 Å². The van der Waals surface area contributed by atoms with Gasteiger partial charge in [0, 0.05) is 34.1 Å². The molecular weight excluding hydrogens is 603 g/mol. The zero-order valence-corrected chi connectivity index (χ0v) is 29.7. The fraction of sp³-hybridized carbons (Fsp3) is 0.265. The molecule has 0 amide bonds. The van der Waals surface area contributed by atoms with Gasteiger partial charge >= 0.3 is 0 Å². The third-order valence-electron chi connectivity index (χ3n) is 11.4. The van der Waals surface area contributed by atoms with Crippen molar-refractivity contribution in [3.8, 4) is 0 Å². The maximum Gasteiger partial charge on any atom is 0.0461 e. The van der Waals surface area contributed by atoms with Gasteiger partial charge in [-0.25, -0.2) is 0 Å². The third kappa shape index (κ3) is 6.54. The summed E-state index contributed by atoms with van der Waals surface area (Å²) in [5, 5.41) is 2.68. The first-order chi connectivity index (χ1) is 24.6. The van der Waals surface area contributed by atoms with E-state index in [-0.39, 0.29) is 0 Å². The molecule has 0 saturated heterocycles. The lowest BCUT2D eigenvalue weighted by molar-refractivity contribution is 0.498. The smallest absolute Gasteiger partial charge is 0.0461 e. The van der Waals surface area contributed by atoms with E-state index in [0.29, 0.717) is 17.8 Å². The van der Waals surface area contributed by atoms with E-state index in [0.717, 1.165) is 32.1 Å². The Kier molecular flexibility index (Phi) is 9.40. The Morgan fingerprint density at radius 2 is 1.66 bits per heavy atom. The lowest BCUT2D eigenvalue weighted by atomic mass is 9.73. The topological polar surface area (TPSA) is 3.24 Å². The molecule has 0 saturated carbocycles. The number of hydrogen-bond donors (Lipinski definition) is 0. The Labute approximate surface area is 299 Å². The Morgan fingerprint density at radius 3 is 2.50 bits per heavy atom. The summed E-state index contributed by atoms with van der Waals surface area (Å²) < 4.78 is 0. The second kappa shape index (κ2) is 14.5. The molecule has 3 aromatic rings. The number of hydrogen-bond acceptors (Lipinski definition) is 1. The van der Waals surface area contributed by atoms with Crippen LogP contribution in [0.25, 0.3) is 17.3 Å². The SMILES string of the molecule is CC1=CC(CCC(C2=CC=CCC2)C2=C3C=CC=CC3CC=C2)CC=C1c1ccc(N(C2=c3ccccc3=CCC2)c2ccccc2)cc1C. The molecule has 0 aromatic heterocycles. The Balaban J connectivity index is 1.04. The first kappa shape index (κ1) is 32.3. The molecule has 50 heavy (non-hydrogen) atoms. The van der Waals surface area contributed by atoms with Crippen molar-refractivity contribution < 1.29 is 0 Å². The first-order valence-electron chi connectivity index (χ1n) is 18.9. The van der Waals surface area contributed by atoms with Crippen molar-refractivity contribution in [1.82, 2.24) is 0 Å². The number of benzene rings is 3. The maximum atomic E-state index is 2.58. The van der Waals surface area contributed by atoms with Crippen LogP contribution in [0.1, 0.15) is 69.4 Å². The van der Waals surface area contributed by atoms with Crippen LogP contribution < -0.4 is 15.3 Å². The summed E-state index contributed by atoms with van der Waals surface area (Å²) in [5.41, 5.74) is 14.0. The van der Waals surface area contributed by atoms with E-state index in [1.165, 1.54) is 69.0 Å². The highest BCUT2D eigenvalue weighted by Gasteiger charge is 2.27. The predicted octanol–water partition coefficient (Wildman–Crippen LogP) is 11.5. The van der Waals surface area contributed by atoms with Gasteiger partial charge < -0.3 is 4.90 Å². The summed E-state index contributed by atoms with van der Waals surface area (Å²) in [6, 6.07) is 26.9. The maximum absolute atomic E-state index is 2.58. The molecule has 1 heteroatoms. The summed E-state index contributed by atoms with van der Waals surface area (Å²) in [4.78, 5) is 2.49. The highest BCUT2D eigenvalue weighted by atomic mass is 15.1. The highest BCUT2D eigenvalue weighted by Crippen LogP contribution is 2.42. The van der Waals surface area contributed by atoms with E-state index in [2.05, 4.69) is 164 Å². The van der Waals surface area contributed by atoms with Gasteiger partial charge in [-0.05, 0) is 134 Å². The average Bonchev–Trinajstić information content (AvgIpc) is 3.16. The van der Waals surface area contributed by atoms with Crippen LogP contribution in [0.2, 0.25) is 0 Å². The zero-order valence-electron chi connectivity index (χ0n) is 29.7. The van der Waals surface area contributed by atoms with E-state index in [4.69, 9.17) is 0 Å². The van der Waals surface area contributed by atoms with Crippen molar-refractivity contribution in [2.24, 2.45) is 17.8 Å². The first-order valence-corrected chi connectivity index (χ1v) is 18.9. The van der Waals surface area contributed by atoms with Gasteiger partial charge in [0.2, 0.25) is 0 Å². The highest BCUT2D eigenvalue weighted by molar-refractivity contribution is 5.85. The van der Waals surface area contributed by atoms with E-state index < -0.39 is 0 Å². The minimum atomic E-state index is 0.499. The number of fused-ring (bicyclic) bond motifs is 2. The third-order valence-corrected chi connectivity index (χ3v) is 11.4. The van der Waals surface area contributed by atoms with E-state index >= 15 is 0 Å². The fourth-order valence-corrected chi connectivity index (χ4v) is 8.95. The lowest BCUT2D eigenvalue weighted by Crippen LogP contribution is -2.34. The molecule has 0 fully saturated rings. The predicted molar refractivity (Wildman–Crippen MR) is 214 cm³/mol. The molecule has 5 aliphatic carbocycles. The van der Waals surface area contributed by atoms with Crippen LogP contribution in [0.4, 0.5) is 11.4 Å². The second-order valence-corrected chi connectivity index (χ2v) is 14.6. The number of nitrogens with zero attached hydrogens (tertiary/aromatic N) is 1. The van der Waals surface area contributed by atoms with Crippen molar-refractivity contribution in [3.05, 3.63) is 183 Å². The van der Waals surface area contributed by atoms with Crippen molar-refractivity contribution in [3.63, 3.8) is 0 Å². The zero-order chi connectivity index (χ0) is 33.9. The van der Waals surface area contributed by atoms with Gasteiger partial charge in [-0.1, -0.05) is 127 Å². The molecule has 0 N–H and O–H groups in total. The van der Waals surface area contributed by atoms with E-state index in [1.807, 2.05) is 0 Å². The summed E-state index contributed by atoms with van der Waals surface area (Å²) in [6.07, 6.45) is 37.7. The number of aryl methyl sites for hydroxylation is 1. The molecule has 250 valence electrons. The van der Waals surface area contributed by atoms with Crippen LogP contribution in [0.5, 0.6) is 0 Å². The van der Waals surface area contributed by atoms with Crippen molar-refractivity contribution in [2.45, 2.75) is 65.2 Å². The molecular formula is C49H49N. The van der Waals surface area contributed by atoms with Crippen LogP contribution in [-0.4, -0.2) is 0 Å². The minimum absolute atomic E-state index is 0.499. The lowest BCUT2D eigenvalue weighted by Gasteiger charge is -2.31. The van der Waals surface area contributed by atoms with E-state index in [1.54, 1.807) is 16.7 Å². The molecule has 0 spiro atoms. The Morgan fingerprint density at radius 1 is 0.780 bits per heavy atom. The molecule has 5 aliphatic rings. The van der Waals surface area contributed by atoms with Gasteiger partial charge in [0.1, 0.15) is 0 Å². The van der Waals surface area contributed by atoms with Gasteiger partial charge in [0.15, 0.2) is 0 Å². The summed E-state index contributed by atoms with van der Waals surface area (Å²) in [5.74, 6) is 1.61. The average molecular weight is 652 g/mol. The standard InChI is InChI=1S/C49H49N/c1-35-33-37(28-31-46(38-15-5-3-6-16-38)48-25-13-19-39-17-9-11-23-45(39)48)27-30-43(35)44-32-29-42(34-36(44)2)50(41-21-7-4-8-22-41)49-26-14-20-40-18-10-12-24-47(40)49/h3-5,7-13,15,17-18,20-25,29-30,32-34,37,39,46H,6,14,16,19,26-28,31H2,1-2H3. The van der Waals surface area contributed by atoms with Crippen LogP contribution in [0.15, 0.2) is 162 Å². The van der Waals surface area contributed by atoms with Crippen molar-refractivity contribution >= 4 is 28.7 Å². The number of anilines is 2. The van der Waals surface area contributed by atoms with Gasteiger partial charge in [0.05, 0.1) is 0 Å². The molecule has 0 aliphatic heterocycles. The summed E-state index contributed by atoms with van der Waals surface area (Å²) in [7, 11) is 0. The van der Waals surface area contributed by atoms with Gasteiger partial charge in [-0.3, -0.25) is 0 Å². The van der Waals surface area contributed by atoms with Crippen LogP contribution in [-0.2, 0) is 0 Å². The molecule has 3 unspecified atom stereocenters. The number of para-hydroxylation sites is 1. The van der Waals surface area contributed by atoms with Gasteiger partial charge in [-0.15, -0.1) is 0 Å². The second-order valence-electron chi connectivity index (χ2n) is 14.6. The van der Waals surface area contributed by atoms with Gasteiger partial charge in [-0.2, -0.15) is 0 Å². The molecule has 0 bridgehead atoms. The Bertz CT molecular complexity index is 2140. The molecule has 0 radical (unpaired) electrons. The van der Waals surface area contributed by atoms with E-state index in [9.17, 15) is 0 Å². The van der Waals surface area contributed by atoms with Gasteiger partial charge in [0.25, 0.3) is 0 Å². The quantitative estimate of drug-likeness (QED) is 0.223. The van der Waals surface area contributed by atoms with Crippen molar-refractivity contribution in [1.29, 1.82) is 0 Å². The molecule has 1 nitrogen and oxygen atoms in total. The Hall–Kier alpha value is -4.88. The largest absolute Gasteiger partial charge is 0.314 e.